The Balaban J connectivity index is 2.18. The van der Waals surface area contributed by atoms with Gasteiger partial charge in [0.2, 0.25) is 5.95 Å². The number of urea groups is 1. The molecule has 0 radical (unpaired) electrons. The van der Waals surface area contributed by atoms with Gasteiger partial charge in [0.15, 0.2) is 0 Å². The Kier molecular flexibility index (Phi) is 6.40. The summed E-state index contributed by atoms with van der Waals surface area (Å²) in [6.07, 6.45) is 1.73. The summed E-state index contributed by atoms with van der Waals surface area (Å²) in [5.74, 6) is 0.180. The van der Waals surface area contributed by atoms with Crippen LogP contribution < -0.4 is 10.0 Å². The Hall–Kier alpha value is -2.13. The normalized spacial score (nSPS) is 13.5. The molecule has 0 aliphatic carbocycles. The van der Waals surface area contributed by atoms with Gasteiger partial charge in [0.25, 0.3) is 5.03 Å². The van der Waals surface area contributed by atoms with Crippen molar-refractivity contribution in [3.8, 4) is 0 Å². The largest absolute Gasteiger partial charge is 0.586 e. The summed E-state index contributed by atoms with van der Waals surface area (Å²) in [6, 6.07) is 3.07. The van der Waals surface area contributed by atoms with Crippen LogP contribution in [0.4, 0.5) is 10.7 Å². The highest BCUT2D eigenvalue weighted by molar-refractivity contribution is 7.90. The second-order valence-corrected chi connectivity index (χ2v) is 10.2. The third kappa shape index (κ3) is 5.68. The quantitative estimate of drug-likeness (QED) is 0.753. The summed E-state index contributed by atoms with van der Waals surface area (Å²) in [5.41, 5.74) is 1.23. The maximum Gasteiger partial charge on any atom is 0.363 e. The van der Waals surface area contributed by atoms with Crippen molar-refractivity contribution in [3.63, 3.8) is 0 Å². The molecule has 28 heavy (non-hydrogen) atoms. The maximum absolute atomic E-state index is 12.4. The number of nitrogens with one attached hydrogen (secondary N) is 2. The van der Waals surface area contributed by atoms with E-state index in [9.17, 15) is 9.35 Å². The number of carbonyl (C=O) groups is 1. The van der Waals surface area contributed by atoms with Gasteiger partial charge in [0, 0.05) is 29.1 Å². The Bertz CT molecular complexity index is 803. The van der Waals surface area contributed by atoms with E-state index in [1.54, 1.807) is 16.9 Å². The maximum atomic E-state index is 12.4. The van der Waals surface area contributed by atoms with Crippen LogP contribution in [0.25, 0.3) is 0 Å². The van der Waals surface area contributed by atoms with Gasteiger partial charge in [-0.15, -0.1) is 9.82 Å². The van der Waals surface area contributed by atoms with Gasteiger partial charge < -0.3 is 4.55 Å². The van der Waals surface area contributed by atoms with Gasteiger partial charge in [0.05, 0.1) is 11.4 Å². The molecule has 2 heterocycles. The monoisotopic (exact) mass is 406 g/mol. The van der Waals surface area contributed by atoms with Crippen molar-refractivity contribution in [2.75, 3.05) is 5.32 Å². The smallest absolute Gasteiger partial charge is 0.363 e. The van der Waals surface area contributed by atoms with Crippen molar-refractivity contribution in [2.45, 2.75) is 77.3 Å². The number of nitrogens with zero attached hydrogens (tertiary/aromatic N) is 4. The SMILES string of the molecule is CC(C)n1ccc([S+]([O-])NC(=O)Nc2nc(C(C)(C)C)cc(C(C)(C)C)n2)n1. The highest BCUT2D eigenvalue weighted by atomic mass is 32.2. The van der Waals surface area contributed by atoms with E-state index in [1.807, 2.05) is 61.5 Å². The van der Waals surface area contributed by atoms with Gasteiger partial charge in [-0.25, -0.2) is 14.8 Å². The Morgan fingerprint density at radius 3 is 2.07 bits per heavy atom. The van der Waals surface area contributed by atoms with Crippen LogP contribution in [-0.2, 0) is 22.2 Å². The van der Waals surface area contributed by atoms with E-state index in [2.05, 4.69) is 25.1 Å². The van der Waals surface area contributed by atoms with Crippen molar-refractivity contribution in [2.24, 2.45) is 0 Å². The van der Waals surface area contributed by atoms with Gasteiger partial charge >= 0.3 is 6.03 Å². The molecule has 154 valence electrons. The molecule has 1 atom stereocenters. The van der Waals surface area contributed by atoms with Crippen LogP contribution in [0.1, 0.15) is 72.8 Å². The van der Waals surface area contributed by atoms with Crippen molar-refractivity contribution >= 4 is 23.3 Å². The molecule has 8 nitrogen and oxygen atoms in total. The summed E-state index contributed by atoms with van der Waals surface area (Å²) in [4.78, 5) is 21.3. The van der Waals surface area contributed by atoms with Crippen LogP contribution in [0.2, 0.25) is 0 Å². The van der Waals surface area contributed by atoms with Crippen molar-refractivity contribution in [1.29, 1.82) is 0 Å². The zero-order chi connectivity index (χ0) is 21.3. The molecule has 2 aromatic heterocycles. The lowest BCUT2D eigenvalue weighted by molar-refractivity contribution is 0.256. The summed E-state index contributed by atoms with van der Waals surface area (Å²) in [7, 11) is 0. The minimum atomic E-state index is -1.78. The van der Waals surface area contributed by atoms with Crippen LogP contribution in [0.15, 0.2) is 23.4 Å². The van der Waals surface area contributed by atoms with E-state index < -0.39 is 17.4 Å². The van der Waals surface area contributed by atoms with Gasteiger partial charge in [-0.3, -0.25) is 10.00 Å². The fourth-order valence-electron chi connectivity index (χ4n) is 2.24. The van der Waals surface area contributed by atoms with E-state index in [0.717, 1.165) is 11.4 Å². The Labute approximate surface area is 169 Å². The first kappa shape index (κ1) is 22.2. The fourth-order valence-corrected chi connectivity index (χ4v) is 2.92. The number of carbonyl (C=O) groups excluding carboxylic acids is 1. The lowest BCUT2D eigenvalue weighted by atomic mass is 9.87. The highest BCUT2D eigenvalue weighted by Gasteiger charge is 2.25. The minimum Gasteiger partial charge on any atom is -0.586 e. The van der Waals surface area contributed by atoms with Gasteiger partial charge in [-0.2, -0.15) is 0 Å². The average molecular weight is 407 g/mol. The molecule has 2 aromatic rings. The van der Waals surface area contributed by atoms with E-state index in [0.29, 0.717) is 0 Å². The number of rotatable bonds is 4. The average Bonchev–Trinajstić information content (AvgIpc) is 3.03. The molecule has 2 rings (SSSR count). The molecule has 0 aromatic carbocycles. The summed E-state index contributed by atoms with van der Waals surface area (Å²) >= 11 is -1.78. The lowest BCUT2D eigenvalue weighted by Crippen LogP contribution is -2.35. The zero-order valence-electron chi connectivity index (χ0n) is 17.8. The molecular weight excluding hydrogens is 376 g/mol. The summed E-state index contributed by atoms with van der Waals surface area (Å²) in [6.45, 7) is 16.2. The van der Waals surface area contributed by atoms with E-state index >= 15 is 0 Å². The zero-order valence-corrected chi connectivity index (χ0v) is 18.6. The molecule has 1 unspecified atom stereocenters. The van der Waals surface area contributed by atoms with Crippen LogP contribution in [-0.4, -0.2) is 30.3 Å². The third-order valence-electron chi connectivity index (χ3n) is 3.98. The second-order valence-electron chi connectivity index (χ2n) is 9.01. The predicted molar refractivity (Wildman–Crippen MR) is 111 cm³/mol. The first-order valence-electron chi connectivity index (χ1n) is 9.22. The first-order valence-corrected chi connectivity index (χ1v) is 10.4. The molecule has 0 saturated carbocycles. The number of aromatic nitrogens is 4. The van der Waals surface area contributed by atoms with Gasteiger partial charge in [0.1, 0.15) is 11.4 Å². The van der Waals surface area contributed by atoms with Crippen LogP contribution in [0, 0.1) is 0 Å². The third-order valence-corrected chi connectivity index (χ3v) is 4.95. The number of amides is 2. The van der Waals surface area contributed by atoms with Crippen LogP contribution in [0.3, 0.4) is 0 Å². The molecule has 0 spiro atoms. The molecular formula is C19H30N6O2S. The van der Waals surface area contributed by atoms with E-state index in [1.165, 1.54) is 0 Å². The van der Waals surface area contributed by atoms with E-state index in [4.69, 9.17) is 0 Å². The number of anilines is 1. The molecule has 9 heteroatoms. The number of hydrogen-bond donors (Lipinski definition) is 2. The second kappa shape index (κ2) is 8.08. The molecule has 0 saturated heterocycles. The first-order chi connectivity index (χ1) is 12.8. The molecule has 0 fully saturated rings. The van der Waals surface area contributed by atoms with Crippen LogP contribution in [0.5, 0.6) is 0 Å². The summed E-state index contributed by atoms with van der Waals surface area (Å²) in [5, 5.41) is 7.08. The van der Waals surface area contributed by atoms with E-state index in [-0.39, 0.29) is 27.8 Å². The minimum absolute atomic E-state index is 0.143. The Morgan fingerprint density at radius 1 is 1.11 bits per heavy atom. The van der Waals surface area contributed by atoms with Crippen molar-refractivity contribution < 1.29 is 9.35 Å². The predicted octanol–water partition coefficient (Wildman–Crippen LogP) is 3.69. The van der Waals surface area contributed by atoms with Crippen LogP contribution >= 0.6 is 0 Å². The standard InChI is InChI=1S/C19H30N6O2S/c1-12(2)25-10-9-15(23-25)28(27)24-17(26)22-16-20-13(18(3,4)5)11-14(21-16)19(6,7)8/h9-12H,1-8H3,(H2,20,21,22,24,26). The molecule has 0 bridgehead atoms. The molecule has 2 amide bonds. The molecule has 0 aliphatic heterocycles. The molecule has 0 aliphatic rings. The fraction of sp³-hybridized carbons (Fsp3) is 0.579. The lowest BCUT2D eigenvalue weighted by Gasteiger charge is -2.24. The van der Waals surface area contributed by atoms with Crippen molar-refractivity contribution in [3.05, 3.63) is 29.7 Å². The highest BCUT2D eigenvalue weighted by Crippen LogP contribution is 2.27. The van der Waals surface area contributed by atoms with Crippen molar-refractivity contribution in [1.82, 2.24) is 24.5 Å². The summed E-state index contributed by atoms with van der Waals surface area (Å²) < 4.78 is 16.4. The topological polar surface area (TPSA) is 108 Å². The van der Waals surface area contributed by atoms with Gasteiger partial charge in [-0.1, -0.05) is 41.5 Å². The Morgan fingerprint density at radius 2 is 1.64 bits per heavy atom. The molecule has 2 N–H and O–H groups in total. The van der Waals surface area contributed by atoms with Gasteiger partial charge in [-0.05, 0) is 19.9 Å². The number of hydrogen-bond acceptors (Lipinski definition) is 5.